The first-order chi connectivity index (χ1) is 9.69. The number of aromatic nitrogens is 2. The van der Waals surface area contributed by atoms with E-state index in [1.165, 1.54) is 12.8 Å². The van der Waals surface area contributed by atoms with Crippen LogP contribution in [0, 0.1) is 0 Å². The third-order valence-corrected chi connectivity index (χ3v) is 4.65. The Bertz CT molecular complexity index is 588. The minimum atomic E-state index is -0.455. The van der Waals surface area contributed by atoms with E-state index in [9.17, 15) is 0 Å². The Labute approximate surface area is 126 Å². The first-order valence-electron chi connectivity index (χ1n) is 7.07. The summed E-state index contributed by atoms with van der Waals surface area (Å²) < 4.78 is 6.42. The van der Waals surface area contributed by atoms with Crippen LogP contribution in [-0.2, 0) is 5.54 Å². The molecule has 0 aliphatic heterocycles. The lowest BCUT2D eigenvalue weighted by atomic mass is 9.91. The molecule has 2 N–H and O–H groups in total. The number of nitrogens with zero attached hydrogens (tertiary/aromatic N) is 2. The summed E-state index contributed by atoms with van der Waals surface area (Å²) >= 11 is 3.51. The van der Waals surface area contributed by atoms with Crippen molar-refractivity contribution in [3.05, 3.63) is 34.6 Å². The summed E-state index contributed by atoms with van der Waals surface area (Å²) in [5.74, 6) is 1.17. The van der Waals surface area contributed by atoms with Gasteiger partial charge in [0.1, 0.15) is 0 Å². The summed E-state index contributed by atoms with van der Waals surface area (Å²) in [6, 6.07) is 7.86. The predicted molar refractivity (Wildman–Crippen MR) is 81.0 cm³/mol. The van der Waals surface area contributed by atoms with Crippen molar-refractivity contribution in [2.45, 2.75) is 44.1 Å². The summed E-state index contributed by atoms with van der Waals surface area (Å²) in [5.41, 5.74) is 6.98. The van der Waals surface area contributed by atoms with Crippen LogP contribution in [-0.4, -0.2) is 10.1 Å². The van der Waals surface area contributed by atoms with Crippen molar-refractivity contribution in [3.8, 4) is 11.4 Å². The Hall–Kier alpha value is -1.20. The molecule has 0 amide bonds. The molecular formula is C15H18BrN3O. The van der Waals surface area contributed by atoms with Gasteiger partial charge in [-0.2, -0.15) is 4.98 Å². The van der Waals surface area contributed by atoms with Crippen molar-refractivity contribution in [1.29, 1.82) is 0 Å². The SMILES string of the molecule is NC1(c2nc(-c3ccccc3Br)no2)CCCCCC1. The molecule has 1 aromatic carbocycles. The second-order valence-corrected chi connectivity index (χ2v) is 6.33. The van der Waals surface area contributed by atoms with E-state index in [2.05, 4.69) is 26.1 Å². The number of benzene rings is 1. The molecule has 1 heterocycles. The van der Waals surface area contributed by atoms with Crippen molar-refractivity contribution in [2.75, 3.05) is 0 Å². The number of hydrogen-bond donors (Lipinski definition) is 1. The summed E-state index contributed by atoms with van der Waals surface area (Å²) in [6.45, 7) is 0. The van der Waals surface area contributed by atoms with Gasteiger partial charge in [-0.15, -0.1) is 0 Å². The maximum absolute atomic E-state index is 6.50. The molecule has 1 saturated carbocycles. The molecule has 0 spiro atoms. The highest BCUT2D eigenvalue weighted by Crippen LogP contribution is 2.34. The van der Waals surface area contributed by atoms with Gasteiger partial charge in [0, 0.05) is 10.0 Å². The molecule has 1 fully saturated rings. The number of rotatable bonds is 2. The van der Waals surface area contributed by atoms with Gasteiger partial charge in [0.05, 0.1) is 5.54 Å². The van der Waals surface area contributed by atoms with Gasteiger partial charge in [0.2, 0.25) is 11.7 Å². The molecule has 20 heavy (non-hydrogen) atoms. The number of hydrogen-bond acceptors (Lipinski definition) is 4. The maximum atomic E-state index is 6.50. The Morgan fingerprint density at radius 3 is 2.50 bits per heavy atom. The summed E-state index contributed by atoms with van der Waals surface area (Å²) in [7, 11) is 0. The largest absolute Gasteiger partial charge is 0.337 e. The zero-order valence-electron chi connectivity index (χ0n) is 11.3. The summed E-state index contributed by atoms with van der Waals surface area (Å²) in [4.78, 5) is 4.55. The average Bonchev–Trinajstić information content (AvgIpc) is 2.84. The van der Waals surface area contributed by atoms with E-state index in [1.54, 1.807) is 0 Å². The second-order valence-electron chi connectivity index (χ2n) is 5.47. The van der Waals surface area contributed by atoms with Crippen molar-refractivity contribution < 1.29 is 4.52 Å². The van der Waals surface area contributed by atoms with Crippen molar-refractivity contribution in [1.82, 2.24) is 10.1 Å². The van der Waals surface area contributed by atoms with Crippen LogP contribution in [0.1, 0.15) is 44.4 Å². The topological polar surface area (TPSA) is 64.9 Å². The Morgan fingerprint density at radius 1 is 1.10 bits per heavy atom. The molecule has 2 aromatic rings. The highest BCUT2D eigenvalue weighted by atomic mass is 79.9. The summed E-state index contributed by atoms with van der Waals surface area (Å²) in [6.07, 6.45) is 6.58. The van der Waals surface area contributed by atoms with E-state index in [0.29, 0.717) is 11.7 Å². The Morgan fingerprint density at radius 2 is 1.80 bits per heavy atom. The van der Waals surface area contributed by atoms with E-state index in [4.69, 9.17) is 10.3 Å². The first kappa shape index (κ1) is 13.8. The second kappa shape index (κ2) is 5.66. The molecule has 0 unspecified atom stereocenters. The standard InChI is InChI=1S/C15H18BrN3O/c16-12-8-4-3-7-11(12)13-18-14(20-19-13)15(17)9-5-1-2-6-10-15/h3-4,7-8H,1-2,5-6,9-10,17H2. The van der Waals surface area contributed by atoms with Gasteiger partial charge in [-0.3, -0.25) is 0 Å². The average molecular weight is 336 g/mol. The minimum Gasteiger partial charge on any atom is -0.337 e. The van der Waals surface area contributed by atoms with Crippen LogP contribution in [0.25, 0.3) is 11.4 Å². The maximum Gasteiger partial charge on any atom is 0.247 e. The molecule has 1 aromatic heterocycles. The minimum absolute atomic E-state index is 0.455. The van der Waals surface area contributed by atoms with Crippen molar-refractivity contribution in [2.24, 2.45) is 5.73 Å². The highest BCUT2D eigenvalue weighted by molar-refractivity contribution is 9.10. The summed E-state index contributed by atoms with van der Waals surface area (Å²) in [5, 5.41) is 4.10. The van der Waals surface area contributed by atoms with Gasteiger partial charge in [-0.1, -0.05) is 58.9 Å². The lowest BCUT2D eigenvalue weighted by Crippen LogP contribution is -2.36. The zero-order valence-corrected chi connectivity index (χ0v) is 12.9. The molecule has 0 radical (unpaired) electrons. The predicted octanol–water partition coefficient (Wildman–Crippen LogP) is 4.01. The van der Waals surface area contributed by atoms with Crippen molar-refractivity contribution >= 4 is 15.9 Å². The molecule has 1 aliphatic carbocycles. The van der Waals surface area contributed by atoms with Gasteiger partial charge >= 0.3 is 0 Å². The van der Waals surface area contributed by atoms with E-state index < -0.39 is 5.54 Å². The van der Waals surface area contributed by atoms with E-state index in [1.807, 2.05) is 24.3 Å². The van der Waals surface area contributed by atoms with E-state index in [0.717, 1.165) is 35.7 Å². The van der Waals surface area contributed by atoms with Crippen LogP contribution in [0.3, 0.4) is 0 Å². The molecule has 106 valence electrons. The Balaban J connectivity index is 1.92. The van der Waals surface area contributed by atoms with E-state index >= 15 is 0 Å². The number of halogens is 1. The van der Waals surface area contributed by atoms with Gasteiger partial charge in [-0.05, 0) is 25.0 Å². The Kier molecular flexibility index (Phi) is 3.89. The molecule has 4 nitrogen and oxygen atoms in total. The van der Waals surface area contributed by atoms with Gasteiger partial charge < -0.3 is 10.3 Å². The smallest absolute Gasteiger partial charge is 0.247 e. The van der Waals surface area contributed by atoms with Crippen LogP contribution >= 0.6 is 15.9 Å². The zero-order chi connectivity index (χ0) is 14.0. The number of nitrogens with two attached hydrogens (primary N) is 1. The lowest BCUT2D eigenvalue weighted by Gasteiger charge is -2.22. The van der Waals surface area contributed by atoms with Crippen LogP contribution < -0.4 is 5.73 Å². The van der Waals surface area contributed by atoms with E-state index in [-0.39, 0.29) is 0 Å². The van der Waals surface area contributed by atoms with Gasteiger partial charge in [0.15, 0.2) is 0 Å². The van der Waals surface area contributed by atoms with Crippen LogP contribution in [0.5, 0.6) is 0 Å². The molecule has 0 bridgehead atoms. The molecule has 0 atom stereocenters. The lowest BCUT2D eigenvalue weighted by molar-refractivity contribution is 0.257. The van der Waals surface area contributed by atoms with Gasteiger partial charge in [0.25, 0.3) is 0 Å². The van der Waals surface area contributed by atoms with Crippen LogP contribution in [0.4, 0.5) is 0 Å². The molecule has 3 rings (SSSR count). The van der Waals surface area contributed by atoms with Crippen LogP contribution in [0.15, 0.2) is 33.3 Å². The first-order valence-corrected chi connectivity index (χ1v) is 7.86. The molecule has 5 heteroatoms. The quantitative estimate of drug-likeness (QED) is 0.842. The monoisotopic (exact) mass is 335 g/mol. The fourth-order valence-corrected chi connectivity index (χ4v) is 3.21. The normalized spacial score (nSPS) is 18.7. The third kappa shape index (κ3) is 2.65. The fourth-order valence-electron chi connectivity index (χ4n) is 2.75. The van der Waals surface area contributed by atoms with Gasteiger partial charge in [-0.25, -0.2) is 0 Å². The van der Waals surface area contributed by atoms with Crippen LogP contribution in [0.2, 0.25) is 0 Å². The molecular weight excluding hydrogens is 318 g/mol. The third-order valence-electron chi connectivity index (χ3n) is 3.96. The van der Waals surface area contributed by atoms with Crippen molar-refractivity contribution in [3.63, 3.8) is 0 Å². The molecule has 1 aliphatic rings. The fraction of sp³-hybridized carbons (Fsp3) is 0.467. The highest BCUT2D eigenvalue weighted by Gasteiger charge is 2.34. The molecule has 0 saturated heterocycles.